The summed E-state index contributed by atoms with van der Waals surface area (Å²) in [6, 6.07) is 75.3. The smallest absolute Gasteiger partial charge is 0.252 e. The first-order valence-electron chi connectivity index (χ1n) is 23.3. The number of hydrogen-bond acceptors (Lipinski definition) is 3. The zero-order valence-electron chi connectivity index (χ0n) is 38.4. The van der Waals surface area contributed by atoms with Crippen LogP contribution in [-0.4, -0.2) is 6.71 Å². The summed E-state index contributed by atoms with van der Waals surface area (Å²) in [5, 5.41) is 2.66. The van der Waals surface area contributed by atoms with Gasteiger partial charge in [0.05, 0.1) is 5.69 Å². The summed E-state index contributed by atoms with van der Waals surface area (Å²) in [6.45, 7) is 14.0. The zero-order chi connectivity index (χ0) is 44.9. The van der Waals surface area contributed by atoms with Gasteiger partial charge in [0.25, 0.3) is 6.71 Å². The van der Waals surface area contributed by atoms with E-state index in [0.29, 0.717) is 0 Å². The van der Waals surface area contributed by atoms with Crippen LogP contribution in [0.4, 0.5) is 34.1 Å². The molecule has 2 aliphatic rings. The van der Waals surface area contributed by atoms with Crippen LogP contribution in [0.5, 0.6) is 0 Å². The monoisotopic (exact) mass is 866 g/mol. The minimum atomic E-state index is -0.0445. The van der Waals surface area contributed by atoms with Crippen LogP contribution < -0.4 is 26.2 Å². The van der Waals surface area contributed by atoms with Crippen molar-refractivity contribution in [3.8, 4) is 33.4 Å². The van der Waals surface area contributed by atoms with E-state index in [4.69, 9.17) is 0 Å². The fraction of sp³-hybridized carbons (Fsp3) is 0.129. The third kappa shape index (κ3) is 6.53. The van der Waals surface area contributed by atoms with E-state index in [1.165, 1.54) is 110 Å². The average molecular weight is 867 g/mol. The molecule has 9 aromatic carbocycles. The second-order valence-corrected chi connectivity index (χ2v) is 21.2. The normalized spacial score (nSPS) is 13.2. The molecule has 12 rings (SSSR count). The van der Waals surface area contributed by atoms with Crippen molar-refractivity contribution in [1.82, 2.24) is 0 Å². The third-order valence-electron chi connectivity index (χ3n) is 14.0. The fourth-order valence-electron chi connectivity index (χ4n) is 10.6. The highest BCUT2D eigenvalue weighted by atomic mass is 32.1. The van der Waals surface area contributed by atoms with Gasteiger partial charge in [0.2, 0.25) is 0 Å². The Labute approximate surface area is 393 Å². The summed E-state index contributed by atoms with van der Waals surface area (Å²) in [5.41, 5.74) is 21.1. The maximum absolute atomic E-state index is 2.59. The van der Waals surface area contributed by atoms with E-state index in [1.54, 1.807) is 0 Å². The summed E-state index contributed by atoms with van der Waals surface area (Å²) in [4.78, 5) is 5.12. The predicted molar refractivity (Wildman–Crippen MR) is 287 cm³/mol. The van der Waals surface area contributed by atoms with Crippen molar-refractivity contribution in [3.63, 3.8) is 0 Å². The summed E-state index contributed by atoms with van der Waals surface area (Å²) in [7, 11) is 0. The van der Waals surface area contributed by atoms with Crippen molar-refractivity contribution >= 4 is 88.7 Å². The number of fused-ring (bicyclic) bond motifs is 7. The van der Waals surface area contributed by atoms with Crippen LogP contribution in [-0.2, 0) is 10.8 Å². The lowest BCUT2D eigenvalue weighted by Gasteiger charge is -2.45. The molecule has 10 aromatic rings. The van der Waals surface area contributed by atoms with Crippen molar-refractivity contribution in [2.45, 2.75) is 52.4 Å². The largest absolute Gasteiger partial charge is 0.311 e. The molecule has 2 aliphatic heterocycles. The first-order chi connectivity index (χ1) is 32.0. The van der Waals surface area contributed by atoms with E-state index in [9.17, 15) is 0 Å². The molecule has 0 bridgehead atoms. The molecular formula is C62H51BN2S. The lowest BCUT2D eigenvalue weighted by Crippen LogP contribution is -2.61. The van der Waals surface area contributed by atoms with Gasteiger partial charge in [-0.15, -0.1) is 11.3 Å². The molecular weight excluding hydrogens is 816 g/mol. The lowest BCUT2D eigenvalue weighted by atomic mass is 9.33. The SMILES string of the molecule is CC(C)(C)c1ccc2c(c1)B1c3ccc(C(C)(C)C)cc3N(c3ccc(-c4ccccc4)cc3-c3ccccc3)c3cccc(c31)N2c1ccc(-c2cccc3sc4ccccc4c23)cc1. The van der Waals surface area contributed by atoms with Crippen LogP contribution in [0.25, 0.3) is 53.6 Å². The van der Waals surface area contributed by atoms with E-state index in [2.05, 4.69) is 252 Å². The molecule has 1 aromatic heterocycles. The van der Waals surface area contributed by atoms with Gasteiger partial charge in [0, 0.05) is 54.2 Å². The summed E-state index contributed by atoms with van der Waals surface area (Å²) in [6.07, 6.45) is 0. The van der Waals surface area contributed by atoms with Crippen LogP contribution in [0.2, 0.25) is 0 Å². The number of thiophene rings is 1. The van der Waals surface area contributed by atoms with Crippen molar-refractivity contribution < 1.29 is 0 Å². The molecule has 0 spiro atoms. The van der Waals surface area contributed by atoms with E-state index >= 15 is 0 Å². The molecule has 0 aliphatic carbocycles. The summed E-state index contributed by atoms with van der Waals surface area (Å²) >= 11 is 1.88. The van der Waals surface area contributed by atoms with Crippen molar-refractivity contribution in [1.29, 1.82) is 0 Å². The molecule has 66 heavy (non-hydrogen) atoms. The molecule has 0 saturated carbocycles. The van der Waals surface area contributed by atoms with Crippen LogP contribution in [0, 0.1) is 0 Å². The second kappa shape index (κ2) is 15.2. The Morgan fingerprint density at radius 1 is 0.379 bits per heavy atom. The Balaban J connectivity index is 1.10. The second-order valence-electron chi connectivity index (χ2n) is 20.1. The Kier molecular flexibility index (Phi) is 9.31. The van der Waals surface area contributed by atoms with E-state index < -0.39 is 0 Å². The van der Waals surface area contributed by atoms with Gasteiger partial charge in [-0.05, 0) is 127 Å². The van der Waals surface area contributed by atoms with Crippen LogP contribution in [0.1, 0.15) is 52.7 Å². The Bertz CT molecular complexity index is 3500. The molecule has 318 valence electrons. The van der Waals surface area contributed by atoms with Crippen molar-refractivity contribution in [2.24, 2.45) is 0 Å². The number of anilines is 6. The molecule has 0 N–H and O–H groups in total. The van der Waals surface area contributed by atoms with Crippen LogP contribution in [0.3, 0.4) is 0 Å². The highest BCUT2D eigenvalue weighted by molar-refractivity contribution is 7.26. The van der Waals surface area contributed by atoms with Gasteiger partial charge in [0.15, 0.2) is 0 Å². The van der Waals surface area contributed by atoms with Crippen LogP contribution >= 0.6 is 11.3 Å². The maximum Gasteiger partial charge on any atom is 0.252 e. The van der Waals surface area contributed by atoms with Crippen molar-refractivity contribution in [2.75, 3.05) is 9.80 Å². The molecule has 3 heterocycles. The summed E-state index contributed by atoms with van der Waals surface area (Å²) < 4.78 is 2.65. The Hall–Kier alpha value is -7.14. The maximum atomic E-state index is 2.59. The molecule has 0 saturated heterocycles. The lowest BCUT2D eigenvalue weighted by molar-refractivity contribution is 0.590. The number of hydrogen-bond donors (Lipinski definition) is 0. The molecule has 4 heteroatoms. The summed E-state index contributed by atoms with van der Waals surface area (Å²) in [5.74, 6) is 0. The van der Waals surface area contributed by atoms with Crippen molar-refractivity contribution in [3.05, 3.63) is 211 Å². The number of rotatable bonds is 5. The number of benzene rings is 9. The molecule has 0 amide bonds. The molecule has 0 unspecified atom stereocenters. The van der Waals surface area contributed by atoms with Gasteiger partial charge >= 0.3 is 0 Å². The highest BCUT2D eigenvalue weighted by Crippen LogP contribution is 2.49. The van der Waals surface area contributed by atoms with Crippen LogP contribution in [0.15, 0.2) is 200 Å². The Morgan fingerprint density at radius 2 is 0.970 bits per heavy atom. The van der Waals surface area contributed by atoms with Gasteiger partial charge in [0.1, 0.15) is 0 Å². The van der Waals surface area contributed by atoms with Gasteiger partial charge in [-0.25, -0.2) is 0 Å². The quantitative estimate of drug-likeness (QED) is 0.159. The topological polar surface area (TPSA) is 6.48 Å². The first kappa shape index (κ1) is 40.4. The standard InChI is InChI=1S/C62H51BN2S/c1-61(2,3)44-31-36-53-51(38-44)63-50-34-30-45(62(4,5)6)39-56(50)65(52-35-29-43(40-17-9-7-10-18-40)37-49(52)41-19-11-8-12-20-41)55-24-16-23-54(60(55)63)64(53)46-32-27-42(28-33-46)47-22-15-26-58-59(47)48-21-13-14-25-57(48)66-58/h7-39H,1-6H3. The highest BCUT2D eigenvalue weighted by Gasteiger charge is 2.44. The van der Waals surface area contributed by atoms with Gasteiger partial charge in [-0.1, -0.05) is 181 Å². The zero-order valence-corrected chi connectivity index (χ0v) is 39.2. The van der Waals surface area contributed by atoms with Gasteiger partial charge in [-0.3, -0.25) is 0 Å². The third-order valence-corrected chi connectivity index (χ3v) is 15.1. The van der Waals surface area contributed by atoms with E-state index in [-0.39, 0.29) is 17.5 Å². The first-order valence-corrected chi connectivity index (χ1v) is 24.1. The van der Waals surface area contributed by atoms with E-state index in [1.807, 2.05) is 11.3 Å². The molecule has 2 nitrogen and oxygen atoms in total. The minimum Gasteiger partial charge on any atom is -0.311 e. The molecule has 0 radical (unpaired) electrons. The molecule has 0 fully saturated rings. The van der Waals surface area contributed by atoms with E-state index in [0.717, 1.165) is 5.69 Å². The fourth-order valence-corrected chi connectivity index (χ4v) is 11.7. The average Bonchev–Trinajstić information content (AvgIpc) is 3.73. The van der Waals surface area contributed by atoms with Gasteiger partial charge < -0.3 is 9.80 Å². The minimum absolute atomic E-state index is 0.0255. The van der Waals surface area contributed by atoms with Gasteiger partial charge in [-0.2, -0.15) is 0 Å². The Morgan fingerprint density at radius 3 is 1.71 bits per heavy atom. The molecule has 0 atom stereocenters. The number of nitrogens with zero attached hydrogens (tertiary/aromatic N) is 2. The predicted octanol–water partition coefficient (Wildman–Crippen LogP) is 15.7.